The van der Waals surface area contributed by atoms with Crippen LogP contribution in [0, 0.1) is 17.1 Å². The summed E-state index contributed by atoms with van der Waals surface area (Å²) >= 11 is 0. The summed E-state index contributed by atoms with van der Waals surface area (Å²) in [5, 5.41) is 11.4. The van der Waals surface area contributed by atoms with Gasteiger partial charge in [-0.1, -0.05) is 0 Å². The number of amides is 1. The molecular formula is C12H14FN3O. The minimum absolute atomic E-state index is 0.00690. The van der Waals surface area contributed by atoms with Crippen molar-refractivity contribution in [3.8, 4) is 6.07 Å². The normalized spacial score (nSPS) is 9.53. The molecule has 0 heterocycles. The van der Waals surface area contributed by atoms with E-state index in [9.17, 15) is 9.18 Å². The van der Waals surface area contributed by atoms with Gasteiger partial charge in [-0.3, -0.25) is 4.79 Å². The molecule has 1 N–H and O–H groups in total. The Kier molecular flexibility index (Phi) is 4.46. The molecular weight excluding hydrogens is 221 g/mol. The van der Waals surface area contributed by atoms with Crippen molar-refractivity contribution in [2.45, 2.75) is 6.92 Å². The Hall–Kier alpha value is -2.09. The van der Waals surface area contributed by atoms with Gasteiger partial charge in [-0.2, -0.15) is 5.26 Å². The molecule has 0 aliphatic carbocycles. The fourth-order valence-electron chi connectivity index (χ4n) is 1.20. The number of rotatable bonds is 4. The molecule has 4 nitrogen and oxygen atoms in total. The van der Waals surface area contributed by atoms with Crippen LogP contribution >= 0.6 is 0 Å². The summed E-state index contributed by atoms with van der Waals surface area (Å²) in [7, 11) is 1.70. The summed E-state index contributed by atoms with van der Waals surface area (Å²) in [5.74, 6) is -0.661. The third-order valence-electron chi connectivity index (χ3n) is 2.43. The standard InChI is InChI=1S/C12H14FN3O/c1-3-16(2)12(17)8-15-10-5-4-9(7-14)11(13)6-10/h4-6,15H,3,8H2,1-2H3. The largest absolute Gasteiger partial charge is 0.376 e. The Bertz CT molecular complexity index is 454. The van der Waals surface area contributed by atoms with Crippen molar-refractivity contribution < 1.29 is 9.18 Å². The predicted molar refractivity (Wildman–Crippen MR) is 62.9 cm³/mol. The zero-order chi connectivity index (χ0) is 12.8. The van der Waals surface area contributed by atoms with Crippen molar-refractivity contribution in [1.82, 2.24) is 4.90 Å². The van der Waals surface area contributed by atoms with Gasteiger partial charge in [0, 0.05) is 19.3 Å². The van der Waals surface area contributed by atoms with E-state index in [1.807, 2.05) is 6.92 Å². The number of carbonyl (C=O) groups is 1. The second-order valence-electron chi connectivity index (χ2n) is 3.57. The van der Waals surface area contributed by atoms with E-state index in [1.165, 1.54) is 12.1 Å². The first-order valence-electron chi connectivity index (χ1n) is 5.26. The maximum Gasteiger partial charge on any atom is 0.241 e. The highest BCUT2D eigenvalue weighted by atomic mass is 19.1. The lowest BCUT2D eigenvalue weighted by atomic mass is 10.2. The van der Waals surface area contributed by atoms with E-state index in [1.54, 1.807) is 24.1 Å². The number of halogens is 1. The number of hydrogen-bond acceptors (Lipinski definition) is 3. The van der Waals surface area contributed by atoms with Crippen molar-refractivity contribution in [3.05, 3.63) is 29.6 Å². The number of nitrogens with one attached hydrogen (secondary N) is 1. The maximum atomic E-state index is 13.2. The van der Waals surface area contributed by atoms with Crippen LogP contribution in [0.15, 0.2) is 18.2 Å². The van der Waals surface area contributed by atoms with Gasteiger partial charge in [0.25, 0.3) is 0 Å². The lowest BCUT2D eigenvalue weighted by Gasteiger charge is -2.15. The Morgan fingerprint density at radius 2 is 2.29 bits per heavy atom. The lowest BCUT2D eigenvalue weighted by molar-refractivity contribution is -0.127. The van der Waals surface area contributed by atoms with Gasteiger partial charge in [0.2, 0.25) is 5.91 Å². The van der Waals surface area contributed by atoms with Crippen LogP contribution in [0.3, 0.4) is 0 Å². The average Bonchev–Trinajstić information content (AvgIpc) is 2.35. The molecule has 0 fully saturated rings. The lowest BCUT2D eigenvalue weighted by Crippen LogP contribution is -2.31. The summed E-state index contributed by atoms with van der Waals surface area (Å²) < 4.78 is 13.2. The van der Waals surface area contributed by atoms with Crippen LogP contribution in [0.4, 0.5) is 10.1 Å². The topological polar surface area (TPSA) is 56.1 Å². The van der Waals surface area contributed by atoms with Crippen molar-refractivity contribution in [2.24, 2.45) is 0 Å². The molecule has 0 saturated carbocycles. The first-order chi connectivity index (χ1) is 8.08. The van der Waals surface area contributed by atoms with Crippen LogP contribution in [-0.4, -0.2) is 30.9 Å². The Morgan fingerprint density at radius 3 is 2.82 bits per heavy atom. The molecule has 0 radical (unpaired) electrons. The van der Waals surface area contributed by atoms with E-state index in [-0.39, 0.29) is 18.0 Å². The van der Waals surface area contributed by atoms with Gasteiger partial charge in [0.05, 0.1) is 12.1 Å². The highest BCUT2D eigenvalue weighted by Crippen LogP contribution is 2.13. The van der Waals surface area contributed by atoms with Crippen LogP contribution in [-0.2, 0) is 4.79 Å². The van der Waals surface area contributed by atoms with Crippen molar-refractivity contribution in [1.29, 1.82) is 5.26 Å². The smallest absolute Gasteiger partial charge is 0.241 e. The molecule has 0 atom stereocenters. The first kappa shape index (κ1) is 13.0. The van der Waals surface area contributed by atoms with Crippen LogP contribution in [0.5, 0.6) is 0 Å². The molecule has 0 spiro atoms. The van der Waals surface area contributed by atoms with Crippen LogP contribution in [0.25, 0.3) is 0 Å². The SMILES string of the molecule is CCN(C)C(=O)CNc1ccc(C#N)c(F)c1. The summed E-state index contributed by atoms with van der Waals surface area (Å²) in [5.41, 5.74) is 0.479. The van der Waals surface area contributed by atoms with Crippen LogP contribution < -0.4 is 5.32 Å². The summed E-state index contributed by atoms with van der Waals surface area (Å²) in [6, 6.07) is 5.89. The van der Waals surface area contributed by atoms with Crippen LogP contribution in [0.2, 0.25) is 0 Å². The van der Waals surface area contributed by atoms with Crippen molar-refractivity contribution in [3.63, 3.8) is 0 Å². The number of carbonyl (C=O) groups excluding carboxylic acids is 1. The molecule has 5 heteroatoms. The van der Waals surface area contributed by atoms with Gasteiger partial charge in [-0.15, -0.1) is 0 Å². The molecule has 0 saturated heterocycles. The molecule has 1 aromatic carbocycles. The number of nitrogens with zero attached hydrogens (tertiary/aromatic N) is 2. The third-order valence-corrected chi connectivity index (χ3v) is 2.43. The van der Waals surface area contributed by atoms with Crippen molar-refractivity contribution >= 4 is 11.6 Å². The number of benzene rings is 1. The second-order valence-corrected chi connectivity index (χ2v) is 3.57. The predicted octanol–water partition coefficient (Wildman–Crippen LogP) is 1.59. The molecule has 0 aliphatic heterocycles. The highest BCUT2D eigenvalue weighted by molar-refractivity contribution is 5.80. The zero-order valence-electron chi connectivity index (χ0n) is 9.83. The number of anilines is 1. The van der Waals surface area contributed by atoms with Gasteiger partial charge in [-0.25, -0.2) is 4.39 Å². The second kappa shape index (κ2) is 5.85. The third kappa shape index (κ3) is 3.45. The Balaban J connectivity index is 2.62. The Labute approximate surface area is 99.7 Å². The summed E-state index contributed by atoms with van der Waals surface area (Å²) in [6.07, 6.45) is 0. The minimum Gasteiger partial charge on any atom is -0.376 e. The minimum atomic E-state index is -0.589. The van der Waals surface area contributed by atoms with E-state index in [4.69, 9.17) is 5.26 Å². The molecule has 0 unspecified atom stereocenters. The summed E-state index contributed by atoms with van der Waals surface area (Å²) in [6.45, 7) is 2.61. The van der Waals surface area contributed by atoms with E-state index in [0.29, 0.717) is 12.2 Å². The molecule has 0 bridgehead atoms. The Morgan fingerprint density at radius 1 is 1.59 bits per heavy atom. The monoisotopic (exact) mass is 235 g/mol. The molecule has 1 aromatic rings. The molecule has 1 rings (SSSR count). The fraction of sp³-hybridized carbons (Fsp3) is 0.333. The fourth-order valence-corrected chi connectivity index (χ4v) is 1.20. The average molecular weight is 235 g/mol. The van der Waals surface area contributed by atoms with Gasteiger partial charge < -0.3 is 10.2 Å². The van der Waals surface area contributed by atoms with E-state index < -0.39 is 5.82 Å². The van der Waals surface area contributed by atoms with Gasteiger partial charge in [-0.05, 0) is 25.1 Å². The zero-order valence-corrected chi connectivity index (χ0v) is 9.83. The molecule has 1 amide bonds. The highest BCUT2D eigenvalue weighted by Gasteiger charge is 2.07. The number of likely N-dealkylation sites (N-methyl/N-ethyl adjacent to an activating group) is 1. The molecule has 0 aliphatic rings. The van der Waals surface area contributed by atoms with E-state index in [2.05, 4.69) is 5.32 Å². The molecule has 0 aromatic heterocycles. The first-order valence-corrected chi connectivity index (χ1v) is 5.26. The number of nitriles is 1. The molecule has 90 valence electrons. The van der Waals surface area contributed by atoms with Gasteiger partial charge in [0.15, 0.2) is 0 Å². The van der Waals surface area contributed by atoms with Crippen LogP contribution in [0.1, 0.15) is 12.5 Å². The van der Waals surface area contributed by atoms with Gasteiger partial charge in [0.1, 0.15) is 11.9 Å². The molecule has 17 heavy (non-hydrogen) atoms. The summed E-state index contributed by atoms with van der Waals surface area (Å²) in [4.78, 5) is 13.0. The number of hydrogen-bond donors (Lipinski definition) is 1. The van der Waals surface area contributed by atoms with Gasteiger partial charge >= 0.3 is 0 Å². The maximum absolute atomic E-state index is 13.2. The van der Waals surface area contributed by atoms with E-state index in [0.717, 1.165) is 0 Å². The van der Waals surface area contributed by atoms with Crippen molar-refractivity contribution in [2.75, 3.05) is 25.5 Å². The quantitative estimate of drug-likeness (QED) is 0.862. The van der Waals surface area contributed by atoms with E-state index >= 15 is 0 Å².